The molecule has 0 spiro atoms. The summed E-state index contributed by atoms with van der Waals surface area (Å²) in [6.45, 7) is 2.47. The molecule has 4 heterocycles. The number of fused-ring (bicyclic) bond motifs is 2. The third kappa shape index (κ3) is 2.00. The molecule has 0 bridgehead atoms. The number of anilines is 2. The first-order valence-corrected chi connectivity index (χ1v) is 7.39. The SMILES string of the molecule is Nc1cn2ccnc2c(NC2CCN3CCCC3C2)n1. The predicted octanol–water partition coefficient (Wildman–Crippen LogP) is 1.35. The van der Waals surface area contributed by atoms with E-state index in [-0.39, 0.29) is 0 Å². The van der Waals surface area contributed by atoms with Crippen LogP contribution in [-0.2, 0) is 0 Å². The lowest BCUT2D eigenvalue weighted by Crippen LogP contribution is -2.42. The Morgan fingerprint density at radius 1 is 1.30 bits per heavy atom. The molecule has 2 saturated heterocycles. The summed E-state index contributed by atoms with van der Waals surface area (Å²) in [4.78, 5) is 11.4. The zero-order valence-electron chi connectivity index (χ0n) is 11.5. The second-order valence-electron chi connectivity index (χ2n) is 5.87. The number of rotatable bonds is 2. The van der Waals surface area contributed by atoms with Gasteiger partial charge in [0.2, 0.25) is 0 Å². The van der Waals surface area contributed by atoms with E-state index in [9.17, 15) is 0 Å². The first-order chi connectivity index (χ1) is 9.79. The topological polar surface area (TPSA) is 71.5 Å². The van der Waals surface area contributed by atoms with Crippen LogP contribution in [0.1, 0.15) is 25.7 Å². The zero-order valence-corrected chi connectivity index (χ0v) is 11.5. The minimum atomic E-state index is 0.476. The van der Waals surface area contributed by atoms with Gasteiger partial charge in [-0.05, 0) is 32.2 Å². The third-order valence-corrected chi connectivity index (χ3v) is 4.55. The highest BCUT2D eigenvalue weighted by molar-refractivity contribution is 5.65. The average Bonchev–Trinajstić information content (AvgIpc) is 3.05. The fourth-order valence-electron chi connectivity index (χ4n) is 3.60. The van der Waals surface area contributed by atoms with Crippen LogP contribution in [0.15, 0.2) is 18.6 Å². The lowest BCUT2D eigenvalue weighted by molar-refractivity contribution is 0.188. The number of piperidine rings is 1. The van der Waals surface area contributed by atoms with E-state index in [0.717, 1.165) is 17.5 Å². The van der Waals surface area contributed by atoms with Crippen LogP contribution in [0, 0.1) is 0 Å². The fourth-order valence-corrected chi connectivity index (χ4v) is 3.60. The molecular weight excluding hydrogens is 252 g/mol. The third-order valence-electron chi connectivity index (χ3n) is 4.55. The normalized spacial score (nSPS) is 26.8. The Kier molecular flexibility index (Phi) is 2.77. The second-order valence-corrected chi connectivity index (χ2v) is 5.87. The Balaban J connectivity index is 1.56. The van der Waals surface area contributed by atoms with Crippen molar-refractivity contribution in [2.45, 2.75) is 37.8 Å². The van der Waals surface area contributed by atoms with Crippen molar-refractivity contribution in [3.63, 3.8) is 0 Å². The molecule has 2 fully saturated rings. The molecule has 0 radical (unpaired) electrons. The molecule has 6 nitrogen and oxygen atoms in total. The quantitative estimate of drug-likeness (QED) is 0.863. The van der Waals surface area contributed by atoms with Gasteiger partial charge in [0.15, 0.2) is 11.5 Å². The van der Waals surface area contributed by atoms with Crippen LogP contribution < -0.4 is 11.1 Å². The number of nitrogens with two attached hydrogens (primary N) is 1. The fraction of sp³-hybridized carbons (Fsp3) is 0.571. The van der Waals surface area contributed by atoms with Gasteiger partial charge in [0.1, 0.15) is 5.82 Å². The summed E-state index contributed by atoms with van der Waals surface area (Å²) in [6, 6.07) is 1.22. The summed E-state index contributed by atoms with van der Waals surface area (Å²) in [5.74, 6) is 1.34. The van der Waals surface area contributed by atoms with Crippen LogP contribution in [0.4, 0.5) is 11.6 Å². The Morgan fingerprint density at radius 2 is 2.25 bits per heavy atom. The summed E-state index contributed by atoms with van der Waals surface area (Å²) in [6.07, 6.45) is 10.5. The lowest BCUT2D eigenvalue weighted by atomic mass is 9.97. The van der Waals surface area contributed by atoms with Gasteiger partial charge in [-0.2, -0.15) is 0 Å². The van der Waals surface area contributed by atoms with Gasteiger partial charge in [0.05, 0.1) is 6.20 Å². The molecule has 3 N–H and O–H groups in total. The van der Waals surface area contributed by atoms with E-state index in [1.165, 1.54) is 38.8 Å². The molecular formula is C14H20N6. The van der Waals surface area contributed by atoms with Crippen molar-refractivity contribution in [2.24, 2.45) is 0 Å². The summed E-state index contributed by atoms with van der Waals surface area (Å²) in [5.41, 5.74) is 6.72. The molecule has 0 aromatic carbocycles. The maximum absolute atomic E-state index is 5.87. The number of aromatic nitrogens is 3. The van der Waals surface area contributed by atoms with Gasteiger partial charge in [0.25, 0.3) is 0 Å². The van der Waals surface area contributed by atoms with E-state index in [1.807, 2.05) is 10.6 Å². The molecule has 0 aliphatic carbocycles. The maximum Gasteiger partial charge on any atom is 0.180 e. The van der Waals surface area contributed by atoms with Gasteiger partial charge in [-0.15, -0.1) is 0 Å². The number of nitrogens with one attached hydrogen (secondary N) is 1. The van der Waals surface area contributed by atoms with Gasteiger partial charge < -0.3 is 20.4 Å². The average molecular weight is 272 g/mol. The highest BCUT2D eigenvalue weighted by Crippen LogP contribution is 2.29. The van der Waals surface area contributed by atoms with E-state index in [2.05, 4.69) is 20.2 Å². The van der Waals surface area contributed by atoms with Crippen molar-refractivity contribution in [1.82, 2.24) is 19.3 Å². The van der Waals surface area contributed by atoms with Crippen molar-refractivity contribution < 1.29 is 0 Å². The maximum atomic E-state index is 5.87. The second kappa shape index (κ2) is 4.63. The minimum Gasteiger partial charge on any atom is -0.382 e. The van der Waals surface area contributed by atoms with Gasteiger partial charge in [-0.3, -0.25) is 0 Å². The van der Waals surface area contributed by atoms with Gasteiger partial charge >= 0.3 is 0 Å². The van der Waals surface area contributed by atoms with E-state index >= 15 is 0 Å². The summed E-state index contributed by atoms with van der Waals surface area (Å²) in [5, 5.41) is 3.56. The largest absolute Gasteiger partial charge is 0.382 e. The standard InChI is InChI=1S/C14H20N6/c15-12-9-20-7-4-16-14(20)13(18-12)17-10-3-6-19-5-1-2-11(19)8-10/h4,7,9-11H,1-3,5-6,8,15H2,(H,17,18). The summed E-state index contributed by atoms with van der Waals surface area (Å²) in [7, 11) is 0. The van der Waals surface area contributed by atoms with Crippen LogP contribution >= 0.6 is 0 Å². The summed E-state index contributed by atoms with van der Waals surface area (Å²) < 4.78 is 1.93. The van der Waals surface area contributed by atoms with Crippen LogP contribution in [0.25, 0.3) is 5.65 Å². The highest BCUT2D eigenvalue weighted by Gasteiger charge is 2.31. The molecule has 0 amide bonds. The molecule has 106 valence electrons. The Hall–Kier alpha value is -1.82. The Morgan fingerprint density at radius 3 is 3.20 bits per heavy atom. The molecule has 2 aliphatic heterocycles. The van der Waals surface area contributed by atoms with Crippen LogP contribution in [0.5, 0.6) is 0 Å². The van der Waals surface area contributed by atoms with Crippen molar-refractivity contribution in [3.8, 4) is 0 Å². The van der Waals surface area contributed by atoms with Crippen LogP contribution in [0.2, 0.25) is 0 Å². The number of imidazole rings is 1. The monoisotopic (exact) mass is 272 g/mol. The van der Waals surface area contributed by atoms with Crippen LogP contribution in [0.3, 0.4) is 0 Å². The molecule has 6 heteroatoms. The van der Waals surface area contributed by atoms with Crippen molar-refractivity contribution in [3.05, 3.63) is 18.6 Å². The highest BCUT2D eigenvalue weighted by atomic mass is 15.2. The first-order valence-electron chi connectivity index (χ1n) is 7.39. The molecule has 20 heavy (non-hydrogen) atoms. The number of hydrogen-bond donors (Lipinski definition) is 2. The molecule has 2 atom stereocenters. The van der Waals surface area contributed by atoms with E-state index in [1.54, 1.807) is 12.4 Å². The van der Waals surface area contributed by atoms with E-state index in [4.69, 9.17) is 5.73 Å². The molecule has 4 rings (SSSR count). The molecule has 2 unspecified atom stereocenters. The smallest absolute Gasteiger partial charge is 0.180 e. The molecule has 0 saturated carbocycles. The number of hydrogen-bond acceptors (Lipinski definition) is 5. The molecule has 2 aromatic rings. The van der Waals surface area contributed by atoms with Crippen molar-refractivity contribution in [1.29, 1.82) is 0 Å². The van der Waals surface area contributed by atoms with Crippen LogP contribution in [-0.4, -0.2) is 44.4 Å². The molecule has 2 aromatic heterocycles. The van der Waals surface area contributed by atoms with E-state index in [0.29, 0.717) is 11.9 Å². The van der Waals surface area contributed by atoms with Gasteiger partial charge in [-0.1, -0.05) is 0 Å². The minimum absolute atomic E-state index is 0.476. The molecule has 2 aliphatic rings. The van der Waals surface area contributed by atoms with Crippen molar-refractivity contribution >= 4 is 17.3 Å². The van der Waals surface area contributed by atoms with E-state index < -0.39 is 0 Å². The van der Waals surface area contributed by atoms with Gasteiger partial charge in [0, 0.05) is 31.0 Å². The number of nitrogen functional groups attached to an aromatic ring is 1. The summed E-state index contributed by atoms with van der Waals surface area (Å²) >= 11 is 0. The lowest BCUT2D eigenvalue weighted by Gasteiger charge is -2.35. The Labute approximate surface area is 118 Å². The van der Waals surface area contributed by atoms with Gasteiger partial charge in [-0.25, -0.2) is 9.97 Å². The zero-order chi connectivity index (χ0) is 13.5. The first kappa shape index (κ1) is 12.0. The Bertz CT molecular complexity index is 621. The number of nitrogens with zero attached hydrogens (tertiary/aromatic N) is 4. The van der Waals surface area contributed by atoms with Crippen molar-refractivity contribution in [2.75, 3.05) is 24.1 Å². The predicted molar refractivity (Wildman–Crippen MR) is 78.6 cm³/mol.